The quantitative estimate of drug-likeness (QED) is 0.597. The van der Waals surface area contributed by atoms with Crippen LogP contribution in [0.4, 0.5) is 4.39 Å². The molecule has 1 atom stereocenters. The van der Waals surface area contributed by atoms with Gasteiger partial charge in [-0.3, -0.25) is 4.79 Å². The van der Waals surface area contributed by atoms with E-state index in [0.29, 0.717) is 5.56 Å². The largest absolute Gasteiger partial charge is 0.298 e. The zero-order chi connectivity index (χ0) is 10.0. The number of halogens is 2. The van der Waals surface area contributed by atoms with E-state index in [2.05, 4.69) is 12.6 Å². The number of thiol groups is 1. The van der Waals surface area contributed by atoms with Gasteiger partial charge in [-0.1, -0.05) is 6.07 Å². The molecule has 13 heavy (non-hydrogen) atoms. The highest BCUT2D eigenvalue weighted by atomic mass is 35.5. The SMILES string of the molecule is CC(=O)C(Cl)c1ccc(S)c(F)c1. The maximum absolute atomic E-state index is 13.0. The van der Waals surface area contributed by atoms with E-state index < -0.39 is 11.2 Å². The van der Waals surface area contributed by atoms with Gasteiger partial charge in [0.25, 0.3) is 0 Å². The standard InChI is InChI=1S/C9H8ClFOS/c1-5(12)9(10)6-2-3-8(13)7(11)4-6/h2-4,9,13H,1H3. The average molecular weight is 219 g/mol. The molecule has 1 aromatic rings. The Balaban J connectivity index is 3.03. The van der Waals surface area contributed by atoms with E-state index in [9.17, 15) is 9.18 Å². The van der Waals surface area contributed by atoms with Crippen LogP contribution in [0.2, 0.25) is 0 Å². The van der Waals surface area contributed by atoms with Gasteiger partial charge in [0.2, 0.25) is 0 Å². The van der Waals surface area contributed by atoms with E-state index in [-0.39, 0.29) is 10.7 Å². The van der Waals surface area contributed by atoms with Gasteiger partial charge in [-0.05, 0) is 24.6 Å². The highest BCUT2D eigenvalue weighted by Crippen LogP contribution is 2.24. The van der Waals surface area contributed by atoms with Crippen molar-refractivity contribution in [3.8, 4) is 0 Å². The summed E-state index contributed by atoms with van der Waals surface area (Å²) in [6.07, 6.45) is 0. The normalized spacial score (nSPS) is 12.6. The Kier molecular flexibility index (Phi) is 3.33. The summed E-state index contributed by atoms with van der Waals surface area (Å²) in [6, 6.07) is 4.29. The van der Waals surface area contributed by atoms with E-state index in [1.807, 2.05) is 0 Å². The lowest BCUT2D eigenvalue weighted by Crippen LogP contribution is -2.01. The first kappa shape index (κ1) is 10.5. The van der Waals surface area contributed by atoms with Crippen LogP contribution in [0.15, 0.2) is 23.1 Å². The number of rotatable bonds is 2. The minimum absolute atomic E-state index is 0.201. The number of ketones is 1. The van der Waals surface area contributed by atoms with Crippen molar-refractivity contribution < 1.29 is 9.18 Å². The molecule has 0 bridgehead atoms. The van der Waals surface area contributed by atoms with Crippen LogP contribution in [0, 0.1) is 5.82 Å². The van der Waals surface area contributed by atoms with Crippen molar-refractivity contribution in [3.63, 3.8) is 0 Å². The van der Waals surface area contributed by atoms with Gasteiger partial charge in [0.15, 0.2) is 5.78 Å². The van der Waals surface area contributed by atoms with Crippen LogP contribution in [-0.2, 0) is 4.79 Å². The van der Waals surface area contributed by atoms with Crippen LogP contribution < -0.4 is 0 Å². The maximum Gasteiger partial charge on any atom is 0.152 e. The number of carbonyl (C=O) groups is 1. The molecule has 0 amide bonds. The van der Waals surface area contributed by atoms with Crippen LogP contribution in [0.3, 0.4) is 0 Å². The fourth-order valence-corrected chi connectivity index (χ4v) is 1.19. The van der Waals surface area contributed by atoms with Crippen molar-refractivity contribution >= 4 is 30.0 Å². The first-order valence-electron chi connectivity index (χ1n) is 3.65. The fourth-order valence-electron chi connectivity index (χ4n) is 0.916. The Bertz CT molecular complexity index is 340. The van der Waals surface area contributed by atoms with Crippen molar-refractivity contribution in [2.75, 3.05) is 0 Å². The van der Waals surface area contributed by atoms with Gasteiger partial charge in [0, 0.05) is 4.90 Å². The molecule has 0 spiro atoms. The molecule has 0 heterocycles. The van der Waals surface area contributed by atoms with E-state index in [1.165, 1.54) is 19.1 Å². The molecule has 4 heteroatoms. The van der Waals surface area contributed by atoms with Crippen molar-refractivity contribution in [2.45, 2.75) is 17.2 Å². The fraction of sp³-hybridized carbons (Fsp3) is 0.222. The minimum atomic E-state index is -0.775. The van der Waals surface area contributed by atoms with Crippen LogP contribution in [-0.4, -0.2) is 5.78 Å². The number of Topliss-reactive ketones (excluding diaryl/α,β-unsaturated/α-hetero) is 1. The third-order valence-electron chi connectivity index (χ3n) is 1.62. The van der Waals surface area contributed by atoms with Crippen LogP contribution in [0.25, 0.3) is 0 Å². The molecule has 0 aliphatic carbocycles. The lowest BCUT2D eigenvalue weighted by molar-refractivity contribution is -0.116. The summed E-state index contributed by atoms with van der Waals surface area (Å²) in [5.41, 5.74) is 0.462. The smallest absolute Gasteiger partial charge is 0.152 e. The molecule has 0 N–H and O–H groups in total. The molecule has 1 aromatic carbocycles. The second kappa shape index (κ2) is 4.11. The van der Waals surface area contributed by atoms with Crippen molar-refractivity contribution in [2.24, 2.45) is 0 Å². The Morgan fingerprint density at radius 1 is 1.62 bits per heavy atom. The molecule has 0 radical (unpaired) electrons. The molecule has 0 aliphatic heterocycles. The first-order chi connectivity index (χ1) is 6.02. The monoisotopic (exact) mass is 218 g/mol. The summed E-state index contributed by atoms with van der Waals surface area (Å²) >= 11 is 9.59. The zero-order valence-electron chi connectivity index (χ0n) is 6.92. The van der Waals surface area contributed by atoms with Gasteiger partial charge >= 0.3 is 0 Å². The van der Waals surface area contributed by atoms with Gasteiger partial charge in [-0.15, -0.1) is 24.2 Å². The molecule has 1 rings (SSSR count). The first-order valence-corrected chi connectivity index (χ1v) is 4.53. The van der Waals surface area contributed by atoms with Crippen molar-refractivity contribution in [3.05, 3.63) is 29.6 Å². The number of hydrogen-bond donors (Lipinski definition) is 1. The number of benzene rings is 1. The topological polar surface area (TPSA) is 17.1 Å². The Hall–Kier alpha value is -0.540. The summed E-state index contributed by atoms with van der Waals surface area (Å²) in [6.45, 7) is 1.37. The van der Waals surface area contributed by atoms with Crippen molar-refractivity contribution in [1.29, 1.82) is 0 Å². The van der Waals surface area contributed by atoms with Gasteiger partial charge in [0.1, 0.15) is 11.2 Å². The van der Waals surface area contributed by atoms with Gasteiger partial charge in [-0.25, -0.2) is 4.39 Å². The van der Waals surface area contributed by atoms with Gasteiger partial charge in [0.05, 0.1) is 0 Å². The third-order valence-corrected chi connectivity index (χ3v) is 2.54. The predicted octanol–water partition coefficient (Wildman–Crippen LogP) is 2.98. The van der Waals surface area contributed by atoms with Crippen LogP contribution in [0.5, 0.6) is 0 Å². The second-order valence-electron chi connectivity index (χ2n) is 2.68. The predicted molar refractivity (Wildman–Crippen MR) is 52.9 cm³/mol. The lowest BCUT2D eigenvalue weighted by atomic mass is 10.1. The van der Waals surface area contributed by atoms with E-state index in [4.69, 9.17) is 11.6 Å². The number of hydrogen-bond acceptors (Lipinski definition) is 2. The average Bonchev–Trinajstić information content (AvgIpc) is 2.08. The van der Waals surface area contributed by atoms with Crippen LogP contribution in [0.1, 0.15) is 17.9 Å². The molecule has 0 aromatic heterocycles. The molecule has 0 saturated carbocycles. The third kappa shape index (κ3) is 2.45. The van der Waals surface area contributed by atoms with E-state index in [1.54, 1.807) is 6.07 Å². The number of alkyl halides is 1. The second-order valence-corrected chi connectivity index (χ2v) is 3.60. The Morgan fingerprint density at radius 2 is 2.23 bits per heavy atom. The van der Waals surface area contributed by atoms with Gasteiger partial charge < -0.3 is 0 Å². The Labute approximate surface area is 86.3 Å². The molecule has 0 saturated heterocycles. The number of carbonyl (C=O) groups excluding carboxylic acids is 1. The molecule has 0 fully saturated rings. The molecule has 1 unspecified atom stereocenters. The molecule has 0 aliphatic rings. The highest BCUT2D eigenvalue weighted by molar-refractivity contribution is 7.80. The lowest BCUT2D eigenvalue weighted by Gasteiger charge is -2.06. The summed E-state index contributed by atoms with van der Waals surface area (Å²) in [5, 5.41) is -0.775. The molecule has 1 nitrogen and oxygen atoms in total. The van der Waals surface area contributed by atoms with Crippen LogP contribution >= 0.6 is 24.2 Å². The highest BCUT2D eigenvalue weighted by Gasteiger charge is 2.13. The Morgan fingerprint density at radius 3 is 2.69 bits per heavy atom. The maximum atomic E-state index is 13.0. The molecule has 70 valence electrons. The summed E-state index contributed by atoms with van der Waals surface area (Å²) in [4.78, 5) is 11.1. The summed E-state index contributed by atoms with van der Waals surface area (Å²) in [5.74, 6) is -0.666. The summed E-state index contributed by atoms with van der Waals surface area (Å²) in [7, 11) is 0. The van der Waals surface area contributed by atoms with Gasteiger partial charge in [-0.2, -0.15) is 0 Å². The van der Waals surface area contributed by atoms with E-state index in [0.717, 1.165) is 0 Å². The molecular formula is C9H8ClFOS. The molecular weight excluding hydrogens is 211 g/mol. The summed E-state index contributed by atoms with van der Waals surface area (Å²) < 4.78 is 13.0. The zero-order valence-corrected chi connectivity index (χ0v) is 8.57. The van der Waals surface area contributed by atoms with E-state index >= 15 is 0 Å². The van der Waals surface area contributed by atoms with Crippen molar-refractivity contribution in [1.82, 2.24) is 0 Å². The minimum Gasteiger partial charge on any atom is -0.298 e.